The van der Waals surface area contributed by atoms with Crippen LogP contribution in [0.3, 0.4) is 0 Å². The number of urea groups is 1. The van der Waals surface area contributed by atoms with Crippen LogP contribution in [-0.2, 0) is 11.2 Å². The Labute approximate surface area is 214 Å². The van der Waals surface area contributed by atoms with E-state index in [4.69, 9.17) is 0 Å². The minimum atomic E-state index is -0.246. The number of phenols is 1. The third-order valence-electron chi connectivity index (χ3n) is 6.43. The van der Waals surface area contributed by atoms with Crippen molar-refractivity contribution in [2.24, 2.45) is 0 Å². The summed E-state index contributed by atoms with van der Waals surface area (Å²) in [5, 5.41) is 17.5. The zero-order valence-corrected chi connectivity index (χ0v) is 22.2. The van der Waals surface area contributed by atoms with Gasteiger partial charge in [-0.3, -0.25) is 4.79 Å². The van der Waals surface area contributed by atoms with Gasteiger partial charge in [0.15, 0.2) is 0 Å². The summed E-state index contributed by atoms with van der Waals surface area (Å²) in [7, 11) is 0. The van der Waals surface area contributed by atoms with E-state index >= 15 is 0 Å². The highest BCUT2D eigenvalue weighted by Gasteiger charge is 2.04. The van der Waals surface area contributed by atoms with Crippen LogP contribution in [0.25, 0.3) is 0 Å². The van der Waals surface area contributed by atoms with Gasteiger partial charge in [0.05, 0.1) is 6.67 Å². The smallest absolute Gasteiger partial charge is 0.316 e. The summed E-state index contributed by atoms with van der Waals surface area (Å²) in [6.07, 6.45) is 22.3. The summed E-state index contributed by atoms with van der Waals surface area (Å²) >= 11 is 0. The molecular weight excluding hydrogens is 438 g/mol. The van der Waals surface area contributed by atoms with Gasteiger partial charge in [-0.15, -0.1) is 0 Å². The Morgan fingerprint density at radius 1 is 0.657 bits per heavy atom. The number of rotatable bonds is 22. The molecule has 0 aliphatic carbocycles. The van der Waals surface area contributed by atoms with Crippen LogP contribution in [0.15, 0.2) is 24.3 Å². The summed E-state index contributed by atoms with van der Waals surface area (Å²) in [6.45, 7) is 3.06. The molecule has 0 saturated carbocycles. The van der Waals surface area contributed by atoms with Crippen molar-refractivity contribution in [3.8, 4) is 5.75 Å². The van der Waals surface area contributed by atoms with Gasteiger partial charge in [0.1, 0.15) is 5.75 Å². The molecular formula is C29H51N3O3. The molecule has 0 radical (unpaired) electrons. The first-order valence-corrected chi connectivity index (χ1v) is 14.2. The number of carbonyl (C=O) groups excluding carboxylic acids is 2. The largest absolute Gasteiger partial charge is 0.508 e. The molecule has 0 unspecified atom stereocenters. The van der Waals surface area contributed by atoms with Gasteiger partial charge in [-0.1, -0.05) is 115 Å². The molecule has 200 valence electrons. The van der Waals surface area contributed by atoms with Crippen molar-refractivity contribution >= 4 is 11.9 Å². The summed E-state index contributed by atoms with van der Waals surface area (Å²) < 4.78 is 0. The molecule has 0 fully saturated rings. The van der Waals surface area contributed by atoms with Crippen molar-refractivity contribution < 1.29 is 14.7 Å². The highest BCUT2D eigenvalue weighted by atomic mass is 16.3. The van der Waals surface area contributed by atoms with E-state index in [1.807, 2.05) is 0 Å². The summed E-state index contributed by atoms with van der Waals surface area (Å²) in [6, 6.07) is 6.57. The molecule has 4 N–H and O–H groups in total. The number of nitrogens with one attached hydrogen (secondary N) is 3. The minimum absolute atomic E-state index is 0.115. The molecule has 35 heavy (non-hydrogen) atoms. The van der Waals surface area contributed by atoms with Gasteiger partial charge < -0.3 is 21.1 Å². The topological polar surface area (TPSA) is 90.5 Å². The van der Waals surface area contributed by atoms with Gasteiger partial charge in [0, 0.05) is 13.0 Å². The Kier molecular flexibility index (Phi) is 19.6. The van der Waals surface area contributed by atoms with Crippen LogP contribution in [0, 0.1) is 0 Å². The highest BCUT2D eigenvalue weighted by molar-refractivity contribution is 5.77. The Bertz CT molecular complexity index is 649. The Morgan fingerprint density at radius 2 is 1.14 bits per heavy atom. The molecule has 1 aromatic carbocycles. The maximum absolute atomic E-state index is 11.9. The van der Waals surface area contributed by atoms with E-state index in [-0.39, 0.29) is 24.4 Å². The van der Waals surface area contributed by atoms with Crippen molar-refractivity contribution in [3.05, 3.63) is 29.8 Å². The van der Waals surface area contributed by atoms with Crippen LogP contribution in [0.4, 0.5) is 4.79 Å². The molecule has 6 nitrogen and oxygen atoms in total. The summed E-state index contributed by atoms with van der Waals surface area (Å²) in [5.74, 6) is 0.101. The molecule has 0 atom stereocenters. The van der Waals surface area contributed by atoms with Crippen molar-refractivity contribution in [1.29, 1.82) is 0 Å². The average Bonchev–Trinajstić information content (AvgIpc) is 2.85. The van der Waals surface area contributed by atoms with E-state index in [1.165, 1.54) is 89.9 Å². The molecule has 3 amide bonds. The number of aromatic hydroxyl groups is 1. The van der Waals surface area contributed by atoms with Crippen LogP contribution < -0.4 is 16.0 Å². The van der Waals surface area contributed by atoms with Gasteiger partial charge >= 0.3 is 6.03 Å². The fourth-order valence-electron chi connectivity index (χ4n) is 4.17. The molecule has 0 spiro atoms. The normalized spacial score (nSPS) is 10.8. The van der Waals surface area contributed by atoms with E-state index in [0.717, 1.165) is 18.4 Å². The SMILES string of the molecule is CCCCCCCCCCCCCCCCCCNC(=O)NCNC(=O)CCc1ccc(O)cc1. The first kappa shape index (κ1) is 30.8. The van der Waals surface area contributed by atoms with E-state index in [9.17, 15) is 14.7 Å². The van der Waals surface area contributed by atoms with Gasteiger partial charge in [0.2, 0.25) is 5.91 Å². The van der Waals surface area contributed by atoms with E-state index in [1.54, 1.807) is 24.3 Å². The number of phenolic OH excluding ortho intramolecular Hbond substituents is 1. The number of hydrogen-bond donors (Lipinski definition) is 4. The van der Waals surface area contributed by atoms with Crippen molar-refractivity contribution in [1.82, 2.24) is 16.0 Å². The lowest BCUT2D eigenvalue weighted by molar-refractivity contribution is -0.121. The molecule has 6 heteroatoms. The van der Waals surface area contributed by atoms with Crippen LogP contribution in [-0.4, -0.2) is 30.3 Å². The number of hydrogen-bond acceptors (Lipinski definition) is 3. The maximum atomic E-state index is 11.9. The second kappa shape index (κ2) is 22.2. The number of aryl methyl sites for hydroxylation is 1. The molecule has 0 heterocycles. The third kappa shape index (κ3) is 19.7. The highest BCUT2D eigenvalue weighted by Crippen LogP contribution is 2.14. The number of amides is 3. The van der Waals surface area contributed by atoms with E-state index in [2.05, 4.69) is 22.9 Å². The zero-order chi connectivity index (χ0) is 25.4. The second-order valence-electron chi connectivity index (χ2n) is 9.68. The fraction of sp³-hybridized carbons (Fsp3) is 0.724. The van der Waals surface area contributed by atoms with Crippen LogP contribution in [0.1, 0.15) is 122 Å². The van der Waals surface area contributed by atoms with Crippen molar-refractivity contribution in [3.63, 3.8) is 0 Å². The lowest BCUT2D eigenvalue weighted by Gasteiger charge is -2.09. The standard InChI is InChI=1S/C29H51N3O3/c1-2-3-4-5-6-7-8-9-10-11-12-13-14-15-16-17-24-30-29(35)32-25-31-28(34)23-20-26-18-21-27(33)22-19-26/h18-19,21-22,33H,2-17,20,23-25H2,1H3,(H,31,34)(H2,30,32,35). The van der Waals surface area contributed by atoms with Crippen molar-refractivity contribution in [2.45, 2.75) is 122 Å². The molecule has 1 rings (SSSR count). The van der Waals surface area contributed by atoms with Crippen molar-refractivity contribution in [2.75, 3.05) is 13.2 Å². The summed E-state index contributed by atoms with van der Waals surface area (Å²) in [5.41, 5.74) is 0.988. The van der Waals surface area contributed by atoms with Gasteiger partial charge in [0.25, 0.3) is 0 Å². The van der Waals surface area contributed by atoms with Gasteiger partial charge in [-0.25, -0.2) is 4.79 Å². The fourth-order valence-corrected chi connectivity index (χ4v) is 4.17. The Morgan fingerprint density at radius 3 is 1.66 bits per heavy atom. The monoisotopic (exact) mass is 489 g/mol. The molecule has 1 aromatic rings. The Hall–Kier alpha value is -2.24. The second-order valence-corrected chi connectivity index (χ2v) is 9.68. The molecule has 0 aliphatic rings. The Balaban J connectivity index is 1.80. The lowest BCUT2D eigenvalue weighted by Crippen LogP contribution is -2.42. The quantitative estimate of drug-likeness (QED) is 0.105. The predicted molar refractivity (Wildman–Crippen MR) is 146 cm³/mol. The zero-order valence-electron chi connectivity index (χ0n) is 22.2. The van der Waals surface area contributed by atoms with Gasteiger partial charge in [-0.2, -0.15) is 0 Å². The maximum Gasteiger partial charge on any atom is 0.316 e. The van der Waals surface area contributed by atoms with Crippen LogP contribution >= 0.6 is 0 Å². The lowest BCUT2D eigenvalue weighted by atomic mass is 10.0. The predicted octanol–water partition coefficient (Wildman–Crippen LogP) is 6.96. The molecule has 0 aromatic heterocycles. The third-order valence-corrected chi connectivity index (χ3v) is 6.43. The van der Waals surface area contributed by atoms with Crippen LogP contribution in [0.5, 0.6) is 5.75 Å². The van der Waals surface area contributed by atoms with Gasteiger partial charge in [-0.05, 0) is 30.5 Å². The first-order chi connectivity index (χ1) is 17.1. The number of unbranched alkanes of at least 4 members (excludes halogenated alkanes) is 15. The molecule has 0 aliphatic heterocycles. The first-order valence-electron chi connectivity index (χ1n) is 14.2. The minimum Gasteiger partial charge on any atom is -0.508 e. The number of carbonyl (C=O) groups is 2. The van der Waals surface area contributed by atoms with Crippen LogP contribution in [0.2, 0.25) is 0 Å². The molecule has 0 saturated heterocycles. The summed E-state index contributed by atoms with van der Waals surface area (Å²) in [4.78, 5) is 23.7. The average molecular weight is 490 g/mol. The van der Waals surface area contributed by atoms with E-state index in [0.29, 0.717) is 19.4 Å². The number of benzene rings is 1. The van der Waals surface area contributed by atoms with E-state index < -0.39 is 0 Å². The molecule has 0 bridgehead atoms.